The highest BCUT2D eigenvalue weighted by Crippen LogP contribution is 2.24. The minimum atomic E-state index is 0.00815. The summed E-state index contributed by atoms with van der Waals surface area (Å²) >= 11 is 0. The van der Waals surface area contributed by atoms with Crippen LogP contribution in [-0.2, 0) is 23.0 Å². The van der Waals surface area contributed by atoms with Gasteiger partial charge in [0, 0.05) is 12.5 Å². The predicted molar refractivity (Wildman–Crippen MR) is 55.6 cm³/mol. The molecule has 1 aliphatic rings. The number of aromatic nitrogens is 4. The van der Waals surface area contributed by atoms with Crippen molar-refractivity contribution in [3.63, 3.8) is 0 Å². The highest BCUT2D eigenvalue weighted by molar-refractivity contribution is 5.83. The van der Waals surface area contributed by atoms with Gasteiger partial charge in [0.15, 0.2) is 5.82 Å². The topological polar surface area (TPSA) is 69.9 Å². The van der Waals surface area contributed by atoms with Crippen LogP contribution in [-0.4, -0.2) is 38.7 Å². The van der Waals surface area contributed by atoms with Crippen molar-refractivity contribution < 1.29 is 9.53 Å². The Hall–Kier alpha value is -1.30. The summed E-state index contributed by atoms with van der Waals surface area (Å²) in [7, 11) is 1.69. The Kier molecular flexibility index (Phi) is 3.28. The maximum atomic E-state index is 12.0. The van der Waals surface area contributed by atoms with Crippen molar-refractivity contribution in [2.45, 2.75) is 32.3 Å². The second kappa shape index (κ2) is 4.69. The van der Waals surface area contributed by atoms with E-state index in [9.17, 15) is 4.79 Å². The maximum Gasteiger partial charge on any atom is 0.182 e. The third-order valence-corrected chi connectivity index (χ3v) is 2.91. The molecule has 0 aliphatic carbocycles. The number of rotatable bonds is 4. The Labute approximate surface area is 94.0 Å². The molecule has 0 N–H and O–H groups in total. The van der Waals surface area contributed by atoms with Gasteiger partial charge in [-0.3, -0.25) is 4.79 Å². The fraction of sp³-hybridized carbons (Fsp3) is 0.800. The van der Waals surface area contributed by atoms with E-state index in [1.807, 2.05) is 6.92 Å². The molecular formula is C10H16N4O2. The molecule has 0 amide bonds. The molecule has 88 valence electrons. The summed E-state index contributed by atoms with van der Waals surface area (Å²) in [5, 5.41) is 11.5. The van der Waals surface area contributed by atoms with Crippen molar-refractivity contribution in [1.82, 2.24) is 20.2 Å². The first kappa shape index (κ1) is 11.2. The number of ether oxygens (including phenoxy) is 1. The third kappa shape index (κ3) is 2.27. The van der Waals surface area contributed by atoms with Crippen LogP contribution in [0, 0.1) is 5.92 Å². The summed E-state index contributed by atoms with van der Waals surface area (Å²) in [6, 6.07) is 0. The van der Waals surface area contributed by atoms with Gasteiger partial charge in [-0.25, -0.2) is 0 Å². The number of hydrogen-bond donors (Lipinski definition) is 0. The zero-order chi connectivity index (χ0) is 11.5. The smallest absolute Gasteiger partial charge is 0.182 e. The minimum absolute atomic E-state index is 0.00815. The molecule has 1 aromatic rings. The van der Waals surface area contributed by atoms with Crippen LogP contribution in [0.4, 0.5) is 0 Å². The van der Waals surface area contributed by atoms with E-state index in [0.717, 1.165) is 12.8 Å². The highest BCUT2D eigenvalue weighted by atomic mass is 16.5. The van der Waals surface area contributed by atoms with Gasteiger partial charge in [0.25, 0.3) is 0 Å². The number of carbonyl (C=O) groups is 1. The first-order chi connectivity index (χ1) is 7.70. The summed E-state index contributed by atoms with van der Waals surface area (Å²) in [4.78, 5) is 13.4. The van der Waals surface area contributed by atoms with E-state index in [4.69, 9.17) is 4.74 Å². The van der Waals surface area contributed by atoms with Crippen molar-refractivity contribution in [3.8, 4) is 0 Å². The van der Waals surface area contributed by atoms with Crippen LogP contribution in [0.25, 0.3) is 0 Å². The highest BCUT2D eigenvalue weighted by Gasteiger charge is 2.32. The molecule has 2 atom stereocenters. The molecule has 1 saturated heterocycles. The lowest BCUT2D eigenvalue weighted by Crippen LogP contribution is -2.25. The van der Waals surface area contributed by atoms with Gasteiger partial charge in [-0.1, -0.05) is 6.92 Å². The van der Waals surface area contributed by atoms with E-state index in [1.165, 1.54) is 4.80 Å². The van der Waals surface area contributed by atoms with Crippen LogP contribution in [0.3, 0.4) is 0 Å². The zero-order valence-corrected chi connectivity index (χ0v) is 9.59. The van der Waals surface area contributed by atoms with Gasteiger partial charge < -0.3 is 4.74 Å². The van der Waals surface area contributed by atoms with Crippen molar-refractivity contribution in [2.24, 2.45) is 13.0 Å². The van der Waals surface area contributed by atoms with E-state index >= 15 is 0 Å². The summed E-state index contributed by atoms with van der Waals surface area (Å²) in [6.45, 7) is 2.72. The summed E-state index contributed by atoms with van der Waals surface area (Å²) in [6.07, 6.45) is 2.03. The molecule has 1 fully saturated rings. The van der Waals surface area contributed by atoms with E-state index in [1.54, 1.807) is 7.05 Å². The molecular weight excluding hydrogens is 208 g/mol. The van der Waals surface area contributed by atoms with Crippen molar-refractivity contribution in [3.05, 3.63) is 5.82 Å². The molecule has 6 heteroatoms. The van der Waals surface area contributed by atoms with Gasteiger partial charge in [0.1, 0.15) is 5.78 Å². The lowest BCUT2D eigenvalue weighted by Gasteiger charge is -2.14. The van der Waals surface area contributed by atoms with Gasteiger partial charge in [-0.2, -0.15) is 4.80 Å². The number of carbonyl (C=O) groups excluding carboxylic acids is 1. The van der Waals surface area contributed by atoms with Crippen molar-refractivity contribution in [2.75, 3.05) is 6.61 Å². The summed E-state index contributed by atoms with van der Waals surface area (Å²) < 4.78 is 5.50. The average Bonchev–Trinajstić information content (AvgIpc) is 2.86. The number of hydrogen-bond acceptors (Lipinski definition) is 5. The molecule has 2 heterocycles. The standard InChI is InChI=1S/C10H16N4O2/c1-3-9-7(4-5-16-9)8(15)6-10-11-13-14(2)12-10/h7,9H,3-6H2,1-2H3. The number of aryl methyl sites for hydroxylation is 1. The number of Topliss-reactive ketones (excluding diaryl/α,β-unsaturated/α-hetero) is 1. The SMILES string of the molecule is CCC1OCCC1C(=O)Cc1nnn(C)n1. The van der Waals surface area contributed by atoms with E-state index in [0.29, 0.717) is 12.4 Å². The average molecular weight is 224 g/mol. The fourth-order valence-electron chi connectivity index (χ4n) is 2.10. The van der Waals surface area contributed by atoms with Crippen molar-refractivity contribution >= 4 is 5.78 Å². The molecule has 2 unspecified atom stereocenters. The van der Waals surface area contributed by atoms with Gasteiger partial charge in [-0.05, 0) is 18.1 Å². The lowest BCUT2D eigenvalue weighted by molar-refractivity contribution is -0.124. The van der Waals surface area contributed by atoms with Crippen LogP contribution in [0.15, 0.2) is 0 Å². The fourth-order valence-corrected chi connectivity index (χ4v) is 2.10. The van der Waals surface area contributed by atoms with Crippen LogP contribution in [0.2, 0.25) is 0 Å². The maximum absolute atomic E-state index is 12.0. The number of ketones is 1. The van der Waals surface area contributed by atoms with Crippen molar-refractivity contribution in [1.29, 1.82) is 0 Å². The monoisotopic (exact) mass is 224 g/mol. The first-order valence-corrected chi connectivity index (χ1v) is 5.58. The Balaban J connectivity index is 1.97. The molecule has 6 nitrogen and oxygen atoms in total. The Bertz CT molecular complexity index is 377. The Morgan fingerprint density at radius 1 is 1.62 bits per heavy atom. The predicted octanol–water partition coefficient (Wildman–Crippen LogP) is 0.137. The van der Waals surface area contributed by atoms with Gasteiger partial charge in [-0.15, -0.1) is 10.2 Å². The molecule has 0 bridgehead atoms. The van der Waals surface area contributed by atoms with E-state index < -0.39 is 0 Å². The molecule has 0 aromatic carbocycles. The van der Waals surface area contributed by atoms with Crippen LogP contribution >= 0.6 is 0 Å². The lowest BCUT2D eigenvalue weighted by atomic mass is 9.93. The zero-order valence-electron chi connectivity index (χ0n) is 9.59. The van der Waals surface area contributed by atoms with E-state index in [2.05, 4.69) is 15.4 Å². The number of tetrazole rings is 1. The normalized spacial score (nSPS) is 24.9. The summed E-state index contributed by atoms with van der Waals surface area (Å²) in [5.74, 6) is 0.667. The Morgan fingerprint density at radius 3 is 3.06 bits per heavy atom. The molecule has 2 rings (SSSR count). The number of nitrogens with zero attached hydrogens (tertiary/aromatic N) is 4. The van der Waals surface area contributed by atoms with Gasteiger partial charge >= 0.3 is 0 Å². The Morgan fingerprint density at radius 2 is 2.44 bits per heavy atom. The molecule has 1 aliphatic heterocycles. The molecule has 0 spiro atoms. The minimum Gasteiger partial charge on any atom is -0.377 e. The van der Waals surface area contributed by atoms with Crippen LogP contribution in [0.5, 0.6) is 0 Å². The second-order valence-electron chi connectivity index (χ2n) is 4.05. The van der Waals surface area contributed by atoms with Crippen LogP contribution in [0.1, 0.15) is 25.6 Å². The summed E-state index contributed by atoms with van der Waals surface area (Å²) in [5.41, 5.74) is 0. The molecule has 16 heavy (non-hydrogen) atoms. The quantitative estimate of drug-likeness (QED) is 0.727. The van der Waals surface area contributed by atoms with Gasteiger partial charge in [0.2, 0.25) is 0 Å². The molecule has 0 radical (unpaired) electrons. The van der Waals surface area contributed by atoms with E-state index in [-0.39, 0.29) is 24.2 Å². The third-order valence-electron chi connectivity index (χ3n) is 2.91. The largest absolute Gasteiger partial charge is 0.377 e. The van der Waals surface area contributed by atoms with Gasteiger partial charge in [0.05, 0.1) is 19.6 Å². The van der Waals surface area contributed by atoms with Crippen LogP contribution < -0.4 is 0 Å². The molecule has 1 aromatic heterocycles. The first-order valence-electron chi connectivity index (χ1n) is 5.58. The second-order valence-corrected chi connectivity index (χ2v) is 4.05. The molecule has 0 saturated carbocycles.